The van der Waals surface area contributed by atoms with E-state index < -0.39 is 0 Å². The van der Waals surface area contributed by atoms with Crippen molar-refractivity contribution in [3.63, 3.8) is 0 Å². The maximum atomic E-state index is 5.71. The van der Waals surface area contributed by atoms with Crippen LogP contribution in [0.25, 0.3) is 0 Å². The molecule has 1 aliphatic heterocycles. The molecule has 1 atom stereocenters. The second kappa shape index (κ2) is 6.56. The van der Waals surface area contributed by atoms with Gasteiger partial charge in [-0.3, -0.25) is 0 Å². The minimum absolute atomic E-state index is 0.0227. The number of halogens is 1. The summed E-state index contributed by atoms with van der Waals surface area (Å²) in [6.45, 7) is 10.4. The summed E-state index contributed by atoms with van der Waals surface area (Å²) in [5.41, 5.74) is 1.15. The zero-order chi connectivity index (χ0) is 14.8. The van der Waals surface area contributed by atoms with Crippen LogP contribution >= 0.6 is 22.6 Å². The molecular formula is C15H24IN3O. The Bertz CT molecular complexity index is 465. The number of ether oxygens (including phenoxy) is 1. The molecule has 0 aliphatic carbocycles. The van der Waals surface area contributed by atoms with Crippen molar-refractivity contribution in [1.29, 1.82) is 0 Å². The van der Waals surface area contributed by atoms with Crippen LogP contribution in [0.3, 0.4) is 0 Å². The number of aromatic nitrogens is 2. The van der Waals surface area contributed by atoms with Gasteiger partial charge in [0, 0.05) is 25.0 Å². The zero-order valence-corrected chi connectivity index (χ0v) is 15.0. The summed E-state index contributed by atoms with van der Waals surface area (Å²) in [6, 6.07) is 0. The number of nitrogens with one attached hydrogen (secondary N) is 1. The minimum Gasteiger partial charge on any atom is -0.378 e. The van der Waals surface area contributed by atoms with Crippen molar-refractivity contribution in [2.24, 2.45) is 0 Å². The molecule has 2 heterocycles. The molecule has 1 aliphatic rings. The van der Waals surface area contributed by atoms with E-state index in [1.54, 1.807) is 0 Å². The molecule has 5 heteroatoms. The first-order valence-corrected chi connectivity index (χ1v) is 8.42. The molecule has 1 aromatic heterocycles. The maximum Gasteiger partial charge on any atom is 0.143 e. The molecule has 0 radical (unpaired) electrons. The van der Waals surface area contributed by atoms with Gasteiger partial charge in [-0.05, 0) is 42.4 Å². The number of hydrogen-bond donors (Lipinski definition) is 1. The fourth-order valence-electron chi connectivity index (χ4n) is 2.38. The molecule has 0 bridgehead atoms. The summed E-state index contributed by atoms with van der Waals surface area (Å²) in [5.74, 6) is 1.86. The Balaban J connectivity index is 2.33. The van der Waals surface area contributed by atoms with E-state index in [4.69, 9.17) is 9.72 Å². The minimum atomic E-state index is 0.0227. The molecular weight excluding hydrogens is 365 g/mol. The standard InChI is InChI=1S/C15H24IN3O/c1-5-17-14-12(16)13(15(2,3)4)18-11(19-14)9-10-7-6-8-20-10/h10H,5-9H2,1-4H3,(H,17,18,19). The van der Waals surface area contributed by atoms with Crippen molar-refractivity contribution >= 4 is 28.4 Å². The number of rotatable bonds is 4. The van der Waals surface area contributed by atoms with Gasteiger partial charge in [-0.15, -0.1) is 0 Å². The van der Waals surface area contributed by atoms with Gasteiger partial charge in [0.1, 0.15) is 11.6 Å². The van der Waals surface area contributed by atoms with Gasteiger partial charge < -0.3 is 10.1 Å². The zero-order valence-electron chi connectivity index (χ0n) is 12.8. The summed E-state index contributed by atoms with van der Waals surface area (Å²) in [4.78, 5) is 9.50. The molecule has 4 nitrogen and oxygen atoms in total. The Labute approximate surface area is 135 Å². The van der Waals surface area contributed by atoms with E-state index in [0.29, 0.717) is 0 Å². The maximum absolute atomic E-state index is 5.71. The van der Waals surface area contributed by atoms with Crippen LogP contribution in [-0.4, -0.2) is 29.2 Å². The van der Waals surface area contributed by atoms with Gasteiger partial charge in [0.25, 0.3) is 0 Å². The fourth-order valence-corrected chi connectivity index (χ4v) is 3.62. The van der Waals surface area contributed by atoms with Crippen LogP contribution in [0.5, 0.6) is 0 Å². The molecule has 1 unspecified atom stereocenters. The smallest absolute Gasteiger partial charge is 0.143 e. The Morgan fingerprint density at radius 2 is 2.10 bits per heavy atom. The topological polar surface area (TPSA) is 47.0 Å². The number of anilines is 1. The van der Waals surface area contributed by atoms with Gasteiger partial charge in [0.15, 0.2) is 0 Å². The predicted octanol–water partition coefficient (Wildman–Crippen LogP) is 3.53. The van der Waals surface area contributed by atoms with E-state index in [2.05, 4.69) is 60.6 Å². The lowest BCUT2D eigenvalue weighted by molar-refractivity contribution is 0.110. The number of hydrogen-bond acceptors (Lipinski definition) is 4. The Morgan fingerprint density at radius 3 is 2.65 bits per heavy atom. The second-order valence-corrected chi connectivity index (χ2v) is 7.35. The average Bonchev–Trinajstić information content (AvgIpc) is 2.84. The molecule has 20 heavy (non-hydrogen) atoms. The Morgan fingerprint density at radius 1 is 1.35 bits per heavy atom. The summed E-state index contributed by atoms with van der Waals surface area (Å²) in [6.07, 6.45) is 3.38. The highest BCUT2D eigenvalue weighted by atomic mass is 127. The van der Waals surface area contributed by atoms with E-state index in [9.17, 15) is 0 Å². The van der Waals surface area contributed by atoms with Gasteiger partial charge in [-0.25, -0.2) is 9.97 Å². The average molecular weight is 389 g/mol. The van der Waals surface area contributed by atoms with Crippen LogP contribution in [0.4, 0.5) is 5.82 Å². The Kier molecular flexibility index (Phi) is 5.23. The predicted molar refractivity (Wildman–Crippen MR) is 90.3 cm³/mol. The first kappa shape index (κ1) is 15.9. The van der Waals surface area contributed by atoms with Gasteiger partial charge in [0.05, 0.1) is 15.4 Å². The van der Waals surface area contributed by atoms with Crippen LogP contribution in [0, 0.1) is 3.57 Å². The molecule has 112 valence electrons. The molecule has 1 saturated heterocycles. The van der Waals surface area contributed by atoms with E-state index >= 15 is 0 Å². The quantitative estimate of drug-likeness (QED) is 0.801. The Hall–Kier alpha value is -0.430. The highest BCUT2D eigenvalue weighted by Crippen LogP contribution is 2.30. The summed E-state index contributed by atoms with van der Waals surface area (Å²) < 4.78 is 6.84. The highest BCUT2D eigenvalue weighted by molar-refractivity contribution is 14.1. The summed E-state index contributed by atoms with van der Waals surface area (Å²) in [7, 11) is 0. The van der Waals surface area contributed by atoms with Gasteiger partial charge >= 0.3 is 0 Å². The molecule has 0 amide bonds. The van der Waals surface area contributed by atoms with Crippen molar-refractivity contribution < 1.29 is 4.74 Å². The lowest BCUT2D eigenvalue weighted by atomic mass is 9.91. The third-order valence-corrected chi connectivity index (χ3v) is 4.41. The van der Waals surface area contributed by atoms with Crippen LogP contribution in [0.1, 0.15) is 52.1 Å². The molecule has 0 spiro atoms. The molecule has 1 N–H and O–H groups in total. The van der Waals surface area contributed by atoms with Gasteiger partial charge in [0.2, 0.25) is 0 Å². The lowest BCUT2D eigenvalue weighted by Crippen LogP contribution is -2.21. The third-order valence-electron chi connectivity index (χ3n) is 3.39. The van der Waals surface area contributed by atoms with Crippen LogP contribution in [0.15, 0.2) is 0 Å². The second-order valence-electron chi connectivity index (χ2n) is 6.27. The van der Waals surface area contributed by atoms with E-state index in [-0.39, 0.29) is 11.5 Å². The third kappa shape index (κ3) is 3.81. The summed E-state index contributed by atoms with van der Waals surface area (Å²) in [5, 5.41) is 3.35. The number of nitrogens with zero attached hydrogens (tertiary/aromatic N) is 2. The van der Waals surface area contributed by atoms with Crippen molar-refractivity contribution in [3.05, 3.63) is 15.1 Å². The van der Waals surface area contributed by atoms with Crippen LogP contribution in [-0.2, 0) is 16.6 Å². The van der Waals surface area contributed by atoms with Crippen molar-refractivity contribution in [3.8, 4) is 0 Å². The normalized spacial score (nSPS) is 19.4. The molecule has 1 aromatic rings. The largest absolute Gasteiger partial charge is 0.378 e. The lowest BCUT2D eigenvalue weighted by Gasteiger charge is -2.22. The van der Waals surface area contributed by atoms with Crippen LogP contribution < -0.4 is 5.32 Å². The first-order chi connectivity index (χ1) is 9.41. The molecule has 2 rings (SSSR count). The first-order valence-electron chi connectivity index (χ1n) is 7.34. The van der Waals surface area contributed by atoms with E-state index in [1.165, 1.54) is 0 Å². The summed E-state index contributed by atoms with van der Waals surface area (Å²) >= 11 is 2.35. The van der Waals surface area contributed by atoms with Crippen molar-refractivity contribution in [2.45, 2.75) is 58.5 Å². The fraction of sp³-hybridized carbons (Fsp3) is 0.733. The van der Waals surface area contributed by atoms with E-state index in [0.717, 1.165) is 53.3 Å². The van der Waals surface area contributed by atoms with Crippen LogP contribution in [0.2, 0.25) is 0 Å². The molecule has 1 fully saturated rings. The monoisotopic (exact) mass is 389 g/mol. The SMILES string of the molecule is CCNc1nc(CC2CCCO2)nc(C(C)(C)C)c1I. The molecule has 0 saturated carbocycles. The van der Waals surface area contributed by atoms with E-state index in [1.807, 2.05) is 0 Å². The van der Waals surface area contributed by atoms with Crippen molar-refractivity contribution in [1.82, 2.24) is 9.97 Å². The van der Waals surface area contributed by atoms with Crippen molar-refractivity contribution in [2.75, 3.05) is 18.5 Å². The van der Waals surface area contributed by atoms with Gasteiger partial charge in [-0.1, -0.05) is 20.8 Å². The molecule has 0 aromatic carbocycles. The van der Waals surface area contributed by atoms with Gasteiger partial charge in [-0.2, -0.15) is 0 Å². The highest BCUT2D eigenvalue weighted by Gasteiger charge is 2.25.